The van der Waals surface area contributed by atoms with E-state index in [1.165, 1.54) is 5.56 Å². The van der Waals surface area contributed by atoms with Crippen molar-refractivity contribution >= 4 is 0 Å². The maximum absolute atomic E-state index is 5.52. The number of nitrogens with zero attached hydrogens (tertiary/aromatic N) is 7. The van der Waals surface area contributed by atoms with E-state index in [0.29, 0.717) is 6.54 Å². The summed E-state index contributed by atoms with van der Waals surface area (Å²) in [5.74, 6) is 1.82. The minimum atomic E-state index is -0.0920. The third-order valence-electron chi connectivity index (χ3n) is 5.68. The largest absolute Gasteiger partial charge is 0.468 e. The molecule has 1 aliphatic rings. The number of aromatic nitrogens is 5. The Hall–Kier alpha value is -3.36. The van der Waals surface area contributed by atoms with Crippen molar-refractivity contribution in [1.29, 1.82) is 0 Å². The van der Waals surface area contributed by atoms with Crippen molar-refractivity contribution < 1.29 is 4.42 Å². The Morgan fingerprint density at radius 2 is 1.71 bits per heavy atom. The molecule has 4 aromatic rings. The first kappa shape index (κ1) is 19.6. The number of pyridine rings is 1. The zero-order valence-electron chi connectivity index (χ0n) is 17.3. The average Bonchev–Trinajstić information content (AvgIpc) is 3.49. The van der Waals surface area contributed by atoms with Crippen molar-refractivity contribution in [2.45, 2.75) is 19.1 Å². The summed E-state index contributed by atoms with van der Waals surface area (Å²) in [6, 6.07) is 20.2. The highest BCUT2D eigenvalue weighted by Gasteiger charge is 2.31. The van der Waals surface area contributed by atoms with Gasteiger partial charge in [-0.2, -0.15) is 0 Å². The Labute approximate surface area is 181 Å². The van der Waals surface area contributed by atoms with Crippen LogP contribution in [0.25, 0.3) is 0 Å². The standard InChI is InChI=1S/C23H25N7O/c1-2-7-19(8-3-1)17-30-23(25-26-27-30)22(21-10-4-5-11-24-21)29-14-12-28(13-15-29)18-20-9-6-16-31-20/h1-11,16,22H,12-15,17-18H2. The lowest BCUT2D eigenvalue weighted by Gasteiger charge is -2.38. The molecule has 1 atom stereocenters. The normalized spacial score (nSPS) is 16.4. The van der Waals surface area contributed by atoms with Gasteiger partial charge in [-0.3, -0.25) is 14.8 Å². The Kier molecular flexibility index (Phi) is 5.81. The van der Waals surface area contributed by atoms with Crippen LogP contribution in [0.5, 0.6) is 0 Å². The van der Waals surface area contributed by atoms with Crippen LogP contribution in [-0.2, 0) is 13.1 Å². The van der Waals surface area contributed by atoms with Gasteiger partial charge in [0.1, 0.15) is 11.8 Å². The van der Waals surface area contributed by atoms with Gasteiger partial charge in [0.15, 0.2) is 5.82 Å². The number of tetrazole rings is 1. The second-order valence-corrected chi connectivity index (χ2v) is 7.73. The Bertz CT molecular complexity index is 1060. The molecular formula is C23H25N7O. The SMILES string of the molecule is c1ccc(Cn2nnnc2C(c2ccccn2)N2CCN(Cc3ccco3)CC2)cc1. The second-order valence-electron chi connectivity index (χ2n) is 7.73. The highest BCUT2D eigenvalue weighted by Crippen LogP contribution is 2.27. The fourth-order valence-corrected chi connectivity index (χ4v) is 4.10. The van der Waals surface area contributed by atoms with Gasteiger partial charge in [0.2, 0.25) is 0 Å². The summed E-state index contributed by atoms with van der Waals surface area (Å²) in [6.07, 6.45) is 3.57. The fraction of sp³-hybridized carbons (Fsp3) is 0.304. The van der Waals surface area contributed by atoms with E-state index in [0.717, 1.165) is 50.0 Å². The van der Waals surface area contributed by atoms with Gasteiger partial charge >= 0.3 is 0 Å². The monoisotopic (exact) mass is 415 g/mol. The number of hydrogen-bond donors (Lipinski definition) is 0. The first-order valence-electron chi connectivity index (χ1n) is 10.6. The van der Waals surface area contributed by atoms with Crippen LogP contribution < -0.4 is 0 Å². The van der Waals surface area contributed by atoms with Crippen LogP contribution in [-0.4, -0.2) is 61.2 Å². The minimum absolute atomic E-state index is 0.0920. The highest BCUT2D eigenvalue weighted by atomic mass is 16.3. The number of piperazine rings is 1. The van der Waals surface area contributed by atoms with Crippen LogP contribution in [0, 0.1) is 0 Å². The Morgan fingerprint density at radius 1 is 0.871 bits per heavy atom. The molecule has 0 bridgehead atoms. The number of furan rings is 1. The van der Waals surface area contributed by atoms with Gasteiger partial charge in [0.25, 0.3) is 0 Å². The number of benzene rings is 1. The van der Waals surface area contributed by atoms with Crippen molar-refractivity contribution in [2.24, 2.45) is 0 Å². The van der Waals surface area contributed by atoms with Gasteiger partial charge in [-0.15, -0.1) is 5.10 Å². The van der Waals surface area contributed by atoms with Crippen LogP contribution in [0.4, 0.5) is 0 Å². The summed E-state index contributed by atoms with van der Waals surface area (Å²) in [5, 5.41) is 12.7. The van der Waals surface area contributed by atoms with Crippen LogP contribution in [0.3, 0.4) is 0 Å². The van der Waals surface area contributed by atoms with E-state index >= 15 is 0 Å². The van der Waals surface area contributed by atoms with E-state index in [-0.39, 0.29) is 6.04 Å². The molecule has 158 valence electrons. The minimum Gasteiger partial charge on any atom is -0.468 e. The van der Waals surface area contributed by atoms with E-state index in [2.05, 4.69) is 48.5 Å². The molecule has 1 aliphatic heterocycles. The predicted octanol–water partition coefficient (Wildman–Crippen LogP) is 2.62. The summed E-state index contributed by atoms with van der Waals surface area (Å²) >= 11 is 0. The molecular weight excluding hydrogens is 390 g/mol. The molecule has 0 spiro atoms. The van der Waals surface area contributed by atoms with Crippen LogP contribution in [0.2, 0.25) is 0 Å². The quantitative estimate of drug-likeness (QED) is 0.459. The zero-order chi connectivity index (χ0) is 20.9. The molecule has 8 heteroatoms. The zero-order valence-corrected chi connectivity index (χ0v) is 17.3. The molecule has 1 unspecified atom stereocenters. The third-order valence-corrected chi connectivity index (χ3v) is 5.68. The van der Waals surface area contributed by atoms with Crippen molar-refractivity contribution in [3.05, 3.63) is 96.0 Å². The van der Waals surface area contributed by atoms with E-state index in [1.54, 1.807) is 6.26 Å². The smallest absolute Gasteiger partial charge is 0.174 e. The van der Waals surface area contributed by atoms with E-state index in [4.69, 9.17) is 4.42 Å². The van der Waals surface area contributed by atoms with Crippen LogP contribution >= 0.6 is 0 Å². The molecule has 3 aromatic heterocycles. The summed E-state index contributed by atoms with van der Waals surface area (Å²) in [6.45, 7) is 5.17. The Balaban J connectivity index is 1.37. The maximum atomic E-state index is 5.52. The molecule has 0 saturated carbocycles. The van der Waals surface area contributed by atoms with Gasteiger partial charge < -0.3 is 4.42 Å². The molecule has 1 aromatic carbocycles. The van der Waals surface area contributed by atoms with Crippen molar-refractivity contribution in [3.8, 4) is 0 Å². The molecule has 31 heavy (non-hydrogen) atoms. The lowest BCUT2D eigenvalue weighted by Crippen LogP contribution is -2.48. The summed E-state index contributed by atoms with van der Waals surface area (Å²) < 4.78 is 7.41. The molecule has 1 saturated heterocycles. The molecule has 0 N–H and O–H groups in total. The van der Waals surface area contributed by atoms with Gasteiger partial charge in [-0.1, -0.05) is 36.4 Å². The lowest BCUT2D eigenvalue weighted by molar-refractivity contribution is 0.0943. The summed E-state index contributed by atoms with van der Waals surface area (Å²) in [5.41, 5.74) is 2.13. The molecule has 0 radical (unpaired) electrons. The van der Waals surface area contributed by atoms with E-state index in [1.807, 2.05) is 53.3 Å². The molecule has 5 rings (SSSR count). The topological polar surface area (TPSA) is 76.1 Å². The number of hydrogen-bond acceptors (Lipinski definition) is 7. The van der Waals surface area contributed by atoms with Crippen molar-refractivity contribution in [1.82, 2.24) is 35.0 Å². The lowest BCUT2D eigenvalue weighted by atomic mass is 10.1. The average molecular weight is 416 g/mol. The summed E-state index contributed by atoms with van der Waals surface area (Å²) in [4.78, 5) is 9.50. The van der Waals surface area contributed by atoms with E-state index < -0.39 is 0 Å². The fourth-order valence-electron chi connectivity index (χ4n) is 4.10. The second kappa shape index (κ2) is 9.20. The summed E-state index contributed by atoms with van der Waals surface area (Å²) in [7, 11) is 0. The van der Waals surface area contributed by atoms with Gasteiger partial charge in [-0.05, 0) is 40.3 Å². The van der Waals surface area contributed by atoms with E-state index in [9.17, 15) is 0 Å². The first-order valence-corrected chi connectivity index (χ1v) is 10.6. The molecule has 8 nitrogen and oxygen atoms in total. The highest BCUT2D eigenvalue weighted by molar-refractivity contribution is 5.20. The predicted molar refractivity (Wildman–Crippen MR) is 115 cm³/mol. The van der Waals surface area contributed by atoms with Gasteiger partial charge in [0, 0.05) is 32.4 Å². The van der Waals surface area contributed by atoms with Crippen molar-refractivity contribution in [3.63, 3.8) is 0 Å². The third kappa shape index (κ3) is 4.55. The molecule has 0 amide bonds. The Morgan fingerprint density at radius 3 is 2.45 bits per heavy atom. The van der Waals surface area contributed by atoms with Crippen LogP contribution in [0.1, 0.15) is 28.9 Å². The molecule has 1 fully saturated rings. The van der Waals surface area contributed by atoms with Gasteiger partial charge in [-0.25, -0.2) is 4.68 Å². The first-order chi connectivity index (χ1) is 15.4. The van der Waals surface area contributed by atoms with Crippen molar-refractivity contribution in [2.75, 3.05) is 26.2 Å². The van der Waals surface area contributed by atoms with Crippen LogP contribution in [0.15, 0.2) is 77.5 Å². The maximum Gasteiger partial charge on any atom is 0.174 e. The number of rotatable bonds is 7. The molecule has 4 heterocycles. The molecule has 0 aliphatic carbocycles. The van der Waals surface area contributed by atoms with Gasteiger partial charge in [0.05, 0.1) is 25.0 Å².